The first-order chi connectivity index (χ1) is 15.7. The maximum absolute atomic E-state index is 13.4. The van der Waals surface area contributed by atoms with E-state index in [2.05, 4.69) is 5.32 Å². The van der Waals surface area contributed by atoms with E-state index in [1.807, 2.05) is 30.3 Å². The first kappa shape index (κ1) is 25.2. The van der Waals surface area contributed by atoms with Crippen LogP contribution in [0.15, 0.2) is 77.7 Å². The minimum atomic E-state index is -4.12. The minimum Gasteiger partial charge on any atom is -0.348 e. The van der Waals surface area contributed by atoms with Gasteiger partial charge < -0.3 is 5.32 Å². The van der Waals surface area contributed by atoms with Crippen LogP contribution in [0.3, 0.4) is 0 Å². The van der Waals surface area contributed by atoms with Gasteiger partial charge in [-0.1, -0.05) is 65.7 Å². The summed E-state index contributed by atoms with van der Waals surface area (Å²) in [6.07, 6.45) is 0.402. The van der Waals surface area contributed by atoms with Crippen LogP contribution in [0.25, 0.3) is 0 Å². The Kier molecular flexibility index (Phi) is 8.48. The van der Waals surface area contributed by atoms with Gasteiger partial charge in [-0.3, -0.25) is 4.79 Å². The second kappa shape index (κ2) is 11.1. The van der Waals surface area contributed by atoms with Gasteiger partial charge in [0.25, 0.3) is 0 Å². The molecule has 5 nitrogen and oxygen atoms in total. The van der Waals surface area contributed by atoms with Gasteiger partial charge in [0.15, 0.2) is 0 Å². The third-order valence-electron chi connectivity index (χ3n) is 5.07. The molecule has 0 unspecified atom stereocenters. The minimum absolute atomic E-state index is 0.0178. The highest BCUT2D eigenvalue weighted by Gasteiger charge is 2.29. The van der Waals surface area contributed by atoms with E-state index in [1.165, 1.54) is 30.3 Å². The summed E-state index contributed by atoms with van der Waals surface area (Å²) in [5.41, 5.74) is 1.62. The fourth-order valence-corrected chi connectivity index (χ4v) is 5.41. The molecule has 1 atom stereocenters. The molecule has 9 heteroatoms. The third-order valence-corrected chi connectivity index (χ3v) is 7.63. The molecule has 0 aliphatic carbocycles. The zero-order valence-corrected chi connectivity index (χ0v) is 20.2. The molecule has 0 aliphatic heterocycles. The van der Waals surface area contributed by atoms with Gasteiger partial charge in [0, 0.05) is 11.6 Å². The van der Waals surface area contributed by atoms with Crippen LogP contribution < -0.4 is 5.32 Å². The number of rotatable bonds is 9. The Bertz CT molecular complexity index is 1210. The van der Waals surface area contributed by atoms with E-state index in [1.54, 1.807) is 19.1 Å². The van der Waals surface area contributed by atoms with Gasteiger partial charge in [-0.2, -0.15) is 4.31 Å². The van der Waals surface area contributed by atoms with Crippen molar-refractivity contribution in [1.29, 1.82) is 0 Å². The van der Waals surface area contributed by atoms with Gasteiger partial charge in [0.1, 0.15) is 10.7 Å². The van der Waals surface area contributed by atoms with Crippen LogP contribution in [-0.2, 0) is 21.2 Å². The van der Waals surface area contributed by atoms with Crippen molar-refractivity contribution in [3.05, 3.63) is 99.8 Å². The summed E-state index contributed by atoms with van der Waals surface area (Å²) in [6, 6.07) is 18.8. The van der Waals surface area contributed by atoms with Crippen LogP contribution in [-0.4, -0.2) is 31.7 Å². The van der Waals surface area contributed by atoms with E-state index in [4.69, 9.17) is 23.2 Å². The number of nitrogens with zero attached hydrogens (tertiary/aromatic N) is 1. The summed E-state index contributed by atoms with van der Waals surface area (Å²) in [4.78, 5) is 12.6. The molecular weight excluding hydrogens is 486 g/mol. The van der Waals surface area contributed by atoms with Crippen molar-refractivity contribution in [2.24, 2.45) is 0 Å². The van der Waals surface area contributed by atoms with Gasteiger partial charge >= 0.3 is 0 Å². The molecule has 33 heavy (non-hydrogen) atoms. The number of benzene rings is 3. The van der Waals surface area contributed by atoms with Gasteiger partial charge in [0.2, 0.25) is 15.9 Å². The van der Waals surface area contributed by atoms with E-state index in [9.17, 15) is 17.6 Å². The van der Waals surface area contributed by atoms with Crippen LogP contribution in [0.5, 0.6) is 0 Å². The summed E-state index contributed by atoms with van der Waals surface area (Å²) in [6.45, 7) is 1.39. The lowest BCUT2D eigenvalue weighted by atomic mass is 10.1. The smallest absolute Gasteiger partial charge is 0.245 e. The second-order valence-corrected chi connectivity index (χ2v) is 10.2. The molecule has 0 radical (unpaired) electrons. The van der Waals surface area contributed by atoms with Crippen molar-refractivity contribution in [3.8, 4) is 0 Å². The highest BCUT2D eigenvalue weighted by molar-refractivity contribution is 7.89. The Morgan fingerprint density at radius 3 is 2.36 bits per heavy atom. The summed E-state index contributed by atoms with van der Waals surface area (Å²) < 4.78 is 41.1. The van der Waals surface area contributed by atoms with Gasteiger partial charge in [-0.15, -0.1) is 0 Å². The Morgan fingerprint density at radius 1 is 1.03 bits per heavy atom. The molecule has 0 heterocycles. The topological polar surface area (TPSA) is 66.5 Å². The fraction of sp³-hybridized carbons (Fsp3) is 0.208. The number of halogens is 3. The number of nitrogens with one attached hydrogen (secondary N) is 1. The Labute approximate surface area is 203 Å². The predicted octanol–water partition coefficient (Wildman–Crippen LogP) is 5.24. The van der Waals surface area contributed by atoms with Crippen molar-refractivity contribution >= 4 is 39.1 Å². The van der Waals surface area contributed by atoms with Crippen LogP contribution in [0.4, 0.5) is 4.39 Å². The molecule has 1 N–H and O–H groups in total. The number of carbonyl (C=O) groups excluding carboxylic acids is 1. The van der Waals surface area contributed by atoms with E-state index in [0.29, 0.717) is 12.0 Å². The molecule has 0 fully saturated rings. The molecular formula is C24H23Cl2FN2O3S. The zero-order valence-electron chi connectivity index (χ0n) is 17.8. The number of carbonyl (C=O) groups is 1. The Balaban J connectivity index is 1.82. The summed E-state index contributed by atoms with van der Waals surface area (Å²) in [7, 11) is -4.12. The van der Waals surface area contributed by atoms with Crippen molar-refractivity contribution < 1.29 is 17.6 Å². The van der Waals surface area contributed by atoms with E-state index < -0.39 is 28.5 Å². The van der Waals surface area contributed by atoms with Crippen molar-refractivity contribution in [2.45, 2.75) is 24.3 Å². The molecule has 3 rings (SSSR count). The zero-order chi connectivity index (χ0) is 24.0. The average Bonchev–Trinajstić information content (AvgIpc) is 2.79. The first-order valence-electron chi connectivity index (χ1n) is 10.2. The number of hydrogen-bond acceptors (Lipinski definition) is 3. The first-order valence-corrected chi connectivity index (χ1v) is 12.4. The molecule has 0 aromatic heterocycles. The lowest BCUT2D eigenvalue weighted by Crippen LogP contribution is -2.42. The summed E-state index contributed by atoms with van der Waals surface area (Å²) in [5, 5.41) is 3.00. The van der Waals surface area contributed by atoms with Gasteiger partial charge in [-0.25, -0.2) is 12.8 Å². The van der Waals surface area contributed by atoms with Crippen molar-refractivity contribution in [2.75, 3.05) is 13.1 Å². The van der Waals surface area contributed by atoms with Gasteiger partial charge in [0.05, 0.1) is 17.6 Å². The monoisotopic (exact) mass is 508 g/mol. The Hall–Kier alpha value is -2.45. The normalized spacial score (nSPS) is 12.5. The van der Waals surface area contributed by atoms with Crippen LogP contribution in [0.1, 0.15) is 24.1 Å². The summed E-state index contributed by atoms with van der Waals surface area (Å²) in [5.74, 6) is -0.879. The molecule has 3 aromatic carbocycles. The van der Waals surface area contributed by atoms with Crippen molar-refractivity contribution in [1.82, 2.24) is 9.62 Å². The van der Waals surface area contributed by atoms with E-state index in [0.717, 1.165) is 9.87 Å². The number of hydrogen-bond donors (Lipinski definition) is 1. The molecule has 174 valence electrons. The highest BCUT2D eigenvalue weighted by atomic mass is 35.5. The lowest BCUT2D eigenvalue weighted by Gasteiger charge is -2.24. The van der Waals surface area contributed by atoms with Crippen molar-refractivity contribution in [3.63, 3.8) is 0 Å². The Morgan fingerprint density at radius 2 is 1.70 bits per heavy atom. The second-order valence-electron chi connectivity index (χ2n) is 7.49. The van der Waals surface area contributed by atoms with Crippen LogP contribution in [0.2, 0.25) is 10.0 Å². The standard InChI is InChI=1S/C24H23Cl2FN2O3S/c1-17(19-7-10-21(27)11-8-19)28-24(30)16-29(14-13-18-5-3-2-4-6-18)33(31,32)23-15-20(25)9-12-22(23)26/h2-12,15,17H,13-14,16H2,1H3,(H,28,30)/t17-/m0/s1. The lowest BCUT2D eigenvalue weighted by molar-refractivity contribution is -0.121. The molecule has 0 aliphatic rings. The maximum Gasteiger partial charge on any atom is 0.245 e. The SMILES string of the molecule is C[C@H](NC(=O)CN(CCc1ccccc1)S(=O)(=O)c1cc(Cl)ccc1Cl)c1ccc(F)cc1. The largest absolute Gasteiger partial charge is 0.348 e. The molecule has 1 amide bonds. The predicted molar refractivity (Wildman–Crippen MR) is 128 cm³/mol. The molecule has 0 spiro atoms. The fourth-order valence-electron chi connectivity index (χ4n) is 3.28. The third kappa shape index (κ3) is 6.77. The molecule has 3 aromatic rings. The maximum atomic E-state index is 13.4. The van der Waals surface area contributed by atoms with E-state index in [-0.39, 0.29) is 27.3 Å². The highest BCUT2D eigenvalue weighted by Crippen LogP contribution is 2.28. The quantitative estimate of drug-likeness (QED) is 0.429. The van der Waals surface area contributed by atoms with E-state index >= 15 is 0 Å². The number of sulfonamides is 1. The molecule has 0 saturated heterocycles. The molecule has 0 bridgehead atoms. The van der Waals surface area contributed by atoms with Crippen LogP contribution in [0, 0.1) is 5.82 Å². The van der Waals surface area contributed by atoms with Crippen LogP contribution >= 0.6 is 23.2 Å². The molecule has 0 saturated carbocycles. The summed E-state index contributed by atoms with van der Waals surface area (Å²) >= 11 is 12.2. The average molecular weight is 509 g/mol. The van der Waals surface area contributed by atoms with Gasteiger partial charge in [-0.05, 0) is 54.8 Å². The number of amides is 1.